The first-order chi connectivity index (χ1) is 8.81. The largest absolute Gasteiger partial charge is 0.378 e. The van der Waals surface area contributed by atoms with E-state index in [4.69, 9.17) is 9.26 Å². The summed E-state index contributed by atoms with van der Waals surface area (Å²) in [5, 5.41) is 11.4. The molecule has 1 aliphatic rings. The van der Waals surface area contributed by atoms with Crippen molar-refractivity contribution < 1.29 is 9.26 Å². The lowest BCUT2D eigenvalue weighted by molar-refractivity contribution is 0.0744. The topological polar surface area (TPSA) is 78.0 Å². The van der Waals surface area contributed by atoms with Gasteiger partial charge in [0.15, 0.2) is 0 Å². The minimum atomic E-state index is 0.251. The Labute approximate surface area is 104 Å². The highest BCUT2D eigenvalue weighted by molar-refractivity contribution is 5.50. The number of hydrogen-bond acceptors (Lipinski definition) is 6. The Bertz CT molecular complexity index is 515. The molecular weight excluding hydrogens is 234 g/mol. The number of aromatic nitrogens is 4. The van der Waals surface area contributed by atoms with Crippen LogP contribution in [0.4, 0.5) is 0 Å². The summed E-state index contributed by atoms with van der Waals surface area (Å²) >= 11 is 0. The summed E-state index contributed by atoms with van der Waals surface area (Å²) in [5.74, 6) is 1.20. The minimum absolute atomic E-state index is 0.251. The summed E-state index contributed by atoms with van der Waals surface area (Å²) in [5.41, 5.74) is 0.861. The average molecular weight is 249 g/mol. The Kier molecular flexibility index (Phi) is 3.07. The molecule has 0 spiro atoms. The predicted molar refractivity (Wildman–Crippen MR) is 62.8 cm³/mol. The molecule has 0 saturated carbocycles. The lowest BCUT2D eigenvalue weighted by Crippen LogP contribution is -2.42. The van der Waals surface area contributed by atoms with Crippen LogP contribution in [-0.2, 0) is 18.2 Å². The monoisotopic (exact) mass is 249 g/mol. The fraction of sp³-hybridized carbons (Fsp3) is 0.545. The molecule has 2 aromatic rings. The van der Waals surface area contributed by atoms with Crippen molar-refractivity contribution in [2.75, 3.05) is 19.8 Å². The standard InChI is InChI=1S/C11H15N5O2/c1-16-6-8(5-13-16)11-14-10(18-15-11)4-9-7-17-3-2-12-9/h5-6,9,12H,2-4,7H2,1H3. The molecule has 0 radical (unpaired) electrons. The fourth-order valence-electron chi connectivity index (χ4n) is 1.95. The molecule has 1 fully saturated rings. The molecule has 1 saturated heterocycles. The van der Waals surface area contributed by atoms with Crippen LogP contribution in [0.1, 0.15) is 5.89 Å². The van der Waals surface area contributed by atoms with E-state index in [-0.39, 0.29) is 6.04 Å². The van der Waals surface area contributed by atoms with Crippen LogP contribution >= 0.6 is 0 Å². The van der Waals surface area contributed by atoms with E-state index in [1.165, 1.54) is 0 Å². The Hall–Kier alpha value is -1.73. The molecule has 18 heavy (non-hydrogen) atoms. The maximum absolute atomic E-state index is 5.38. The van der Waals surface area contributed by atoms with Crippen molar-refractivity contribution in [3.63, 3.8) is 0 Å². The van der Waals surface area contributed by atoms with Crippen LogP contribution in [0.15, 0.2) is 16.9 Å². The molecule has 0 aromatic carbocycles. The highest BCUT2D eigenvalue weighted by atomic mass is 16.5. The molecule has 0 aliphatic carbocycles. The lowest BCUT2D eigenvalue weighted by atomic mass is 10.2. The Morgan fingerprint density at radius 2 is 2.50 bits per heavy atom. The van der Waals surface area contributed by atoms with Gasteiger partial charge in [0, 0.05) is 32.3 Å². The summed E-state index contributed by atoms with van der Waals surface area (Å²) < 4.78 is 12.3. The SMILES string of the molecule is Cn1cc(-c2noc(CC3COCCN3)n2)cn1. The number of hydrogen-bond donors (Lipinski definition) is 1. The second-order valence-electron chi connectivity index (χ2n) is 4.34. The van der Waals surface area contributed by atoms with Gasteiger partial charge in [-0.3, -0.25) is 4.68 Å². The zero-order chi connectivity index (χ0) is 12.4. The van der Waals surface area contributed by atoms with Crippen molar-refractivity contribution in [2.45, 2.75) is 12.5 Å². The molecule has 96 valence electrons. The van der Waals surface area contributed by atoms with Gasteiger partial charge in [0.05, 0.1) is 25.0 Å². The van der Waals surface area contributed by atoms with Crippen LogP contribution in [0.3, 0.4) is 0 Å². The van der Waals surface area contributed by atoms with Crippen molar-refractivity contribution in [3.05, 3.63) is 18.3 Å². The third-order valence-electron chi connectivity index (χ3n) is 2.85. The van der Waals surface area contributed by atoms with Crippen LogP contribution in [0.2, 0.25) is 0 Å². The van der Waals surface area contributed by atoms with E-state index in [1.807, 2.05) is 13.2 Å². The maximum atomic E-state index is 5.38. The lowest BCUT2D eigenvalue weighted by Gasteiger charge is -2.22. The van der Waals surface area contributed by atoms with E-state index in [0.29, 0.717) is 24.7 Å². The molecule has 3 rings (SSSR count). The zero-order valence-corrected chi connectivity index (χ0v) is 10.2. The van der Waals surface area contributed by atoms with Crippen LogP contribution in [0, 0.1) is 0 Å². The average Bonchev–Trinajstić information content (AvgIpc) is 2.99. The van der Waals surface area contributed by atoms with E-state index in [0.717, 1.165) is 18.7 Å². The van der Waals surface area contributed by atoms with Gasteiger partial charge in [-0.1, -0.05) is 5.16 Å². The highest BCUT2D eigenvalue weighted by Gasteiger charge is 2.18. The quantitative estimate of drug-likeness (QED) is 0.825. The van der Waals surface area contributed by atoms with Gasteiger partial charge < -0.3 is 14.6 Å². The second-order valence-corrected chi connectivity index (χ2v) is 4.34. The van der Waals surface area contributed by atoms with E-state index < -0.39 is 0 Å². The third kappa shape index (κ3) is 2.41. The zero-order valence-electron chi connectivity index (χ0n) is 10.2. The molecular formula is C11H15N5O2. The summed E-state index contributed by atoms with van der Waals surface area (Å²) in [6.45, 7) is 2.32. The summed E-state index contributed by atoms with van der Waals surface area (Å²) in [4.78, 5) is 4.36. The molecule has 0 amide bonds. The van der Waals surface area contributed by atoms with Crippen molar-refractivity contribution in [3.8, 4) is 11.4 Å². The van der Waals surface area contributed by atoms with Gasteiger partial charge in [-0.15, -0.1) is 0 Å². The first-order valence-corrected chi connectivity index (χ1v) is 5.94. The number of nitrogens with one attached hydrogen (secondary N) is 1. The van der Waals surface area contributed by atoms with Gasteiger partial charge in [-0.2, -0.15) is 10.1 Å². The van der Waals surface area contributed by atoms with Crippen molar-refractivity contribution in [1.82, 2.24) is 25.2 Å². The molecule has 3 heterocycles. The number of morpholine rings is 1. The number of rotatable bonds is 3. The van der Waals surface area contributed by atoms with Crippen LogP contribution in [0.5, 0.6) is 0 Å². The highest BCUT2D eigenvalue weighted by Crippen LogP contribution is 2.15. The molecule has 1 N–H and O–H groups in total. The minimum Gasteiger partial charge on any atom is -0.378 e. The van der Waals surface area contributed by atoms with Gasteiger partial charge >= 0.3 is 0 Å². The van der Waals surface area contributed by atoms with Crippen molar-refractivity contribution in [2.24, 2.45) is 7.05 Å². The summed E-state index contributed by atoms with van der Waals surface area (Å²) in [7, 11) is 1.85. The van der Waals surface area contributed by atoms with E-state index in [1.54, 1.807) is 10.9 Å². The molecule has 0 bridgehead atoms. The third-order valence-corrected chi connectivity index (χ3v) is 2.85. The fourth-order valence-corrected chi connectivity index (χ4v) is 1.95. The summed E-state index contributed by atoms with van der Waals surface area (Å²) in [6.07, 6.45) is 4.26. The predicted octanol–water partition coefficient (Wildman–Crippen LogP) is 0.001000. The number of aryl methyl sites for hydroxylation is 1. The summed E-state index contributed by atoms with van der Waals surface area (Å²) in [6, 6.07) is 0.251. The Morgan fingerprint density at radius 1 is 1.56 bits per heavy atom. The second kappa shape index (κ2) is 4.87. The van der Waals surface area contributed by atoms with Gasteiger partial charge in [0.2, 0.25) is 11.7 Å². The van der Waals surface area contributed by atoms with Gasteiger partial charge in [0.25, 0.3) is 0 Å². The molecule has 2 aromatic heterocycles. The Balaban J connectivity index is 1.69. The number of nitrogens with zero attached hydrogens (tertiary/aromatic N) is 4. The van der Waals surface area contributed by atoms with E-state index in [2.05, 4.69) is 20.6 Å². The molecule has 1 aliphatic heterocycles. The van der Waals surface area contributed by atoms with E-state index in [9.17, 15) is 0 Å². The molecule has 7 heteroatoms. The normalized spacial score (nSPS) is 20.2. The van der Waals surface area contributed by atoms with Gasteiger partial charge in [-0.05, 0) is 0 Å². The first-order valence-electron chi connectivity index (χ1n) is 5.94. The molecule has 1 atom stereocenters. The Morgan fingerprint density at radius 3 is 3.22 bits per heavy atom. The van der Waals surface area contributed by atoms with Crippen molar-refractivity contribution in [1.29, 1.82) is 0 Å². The number of ether oxygens (including phenoxy) is 1. The molecule has 1 unspecified atom stereocenters. The molecule has 7 nitrogen and oxygen atoms in total. The first kappa shape index (κ1) is 11.4. The maximum Gasteiger partial charge on any atom is 0.228 e. The van der Waals surface area contributed by atoms with E-state index >= 15 is 0 Å². The van der Waals surface area contributed by atoms with Crippen LogP contribution < -0.4 is 5.32 Å². The van der Waals surface area contributed by atoms with Crippen molar-refractivity contribution >= 4 is 0 Å². The smallest absolute Gasteiger partial charge is 0.228 e. The van der Waals surface area contributed by atoms with Crippen LogP contribution in [-0.4, -0.2) is 45.7 Å². The van der Waals surface area contributed by atoms with Gasteiger partial charge in [-0.25, -0.2) is 0 Å². The van der Waals surface area contributed by atoms with Gasteiger partial charge in [0.1, 0.15) is 0 Å². The van der Waals surface area contributed by atoms with Crippen LogP contribution in [0.25, 0.3) is 11.4 Å².